The number of carbonyl (C=O) groups excluding carboxylic acids is 1. The highest BCUT2D eigenvalue weighted by Gasteiger charge is 2.53. The molecule has 3 aliphatic heterocycles. The number of rotatable bonds is 46. The largest absolute Gasteiger partial charge is 0.394 e. The molecule has 0 saturated carbocycles. The molecule has 17 atom stereocenters. The third-order valence-corrected chi connectivity index (χ3v) is 15.5. The van der Waals surface area contributed by atoms with E-state index in [4.69, 9.17) is 28.4 Å². The number of unbranched alkanes of at least 4 members (excludes halogenated alkanes) is 18. The second kappa shape index (κ2) is 46.4. The molecule has 19 heteroatoms. The van der Waals surface area contributed by atoms with Crippen molar-refractivity contribution >= 4 is 5.91 Å². The van der Waals surface area contributed by atoms with Crippen molar-refractivity contribution in [1.82, 2.24) is 5.32 Å². The summed E-state index contributed by atoms with van der Waals surface area (Å²) >= 11 is 0. The summed E-state index contributed by atoms with van der Waals surface area (Å²) in [6, 6.07) is -0.895. The Kier molecular flexibility index (Phi) is 41.6. The van der Waals surface area contributed by atoms with Crippen molar-refractivity contribution < 1.29 is 89.4 Å². The number of nitrogens with one attached hydrogen (secondary N) is 1. The second-order valence-corrected chi connectivity index (χ2v) is 22.5. The number of carbonyl (C=O) groups is 1. The lowest BCUT2D eigenvalue weighted by atomic mass is 9.96. The van der Waals surface area contributed by atoms with Crippen LogP contribution in [0.15, 0.2) is 72.9 Å². The van der Waals surface area contributed by atoms with Crippen molar-refractivity contribution in [2.75, 3.05) is 26.4 Å². The van der Waals surface area contributed by atoms with E-state index in [1.54, 1.807) is 0 Å². The molecule has 0 spiro atoms. The molecule has 12 N–H and O–H groups in total. The lowest BCUT2D eigenvalue weighted by Gasteiger charge is -2.48. The summed E-state index contributed by atoms with van der Waals surface area (Å²) in [4.78, 5) is 13.4. The van der Waals surface area contributed by atoms with Crippen LogP contribution in [0.25, 0.3) is 0 Å². The van der Waals surface area contributed by atoms with Gasteiger partial charge in [-0.1, -0.05) is 196 Å². The van der Waals surface area contributed by atoms with Gasteiger partial charge in [-0.15, -0.1) is 0 Å². The lowest BCUT2D eigenvalue weighted by molar-refractivity contribution is -0.379. The Balaban J connectivity index is 1.42. The summed E-state index contributed by atoms with van der Waals surface area (Å²) in [5.74, 6) is -0.256. The molecule has 3 rings (SSSR count). The van der Waals surface area contributed by atoms with Crippen molar-refractivity contribution in [3.05, 3.63) is 72.9 Å². The SMILES string of the molecule is CC/C=C\C/C=C\C/C=C\C/C=C\C/C=C\C/C=C\CCCCCCCCCCC(=O)NC(COC1OC(CO)C(OC2OC(CO)C(OC3OC(CO)C(O)C(O)C3O)C(O)C2O)C(O)C1O)C(O)CCCCCCCCCCCCC. The van der Waals surface area contributed by atoms with E-state index >= 15 is 0 Å². The van der Waals surface area contributed by atoms with Gasteiger partial charge >= 0.3 is 0 Å². The third-order valence-electron chi connectivity index (χ3n) is 15.5. The minimum Gasteiger partial charge on any atom is -0.394 e. The topological polar surface area (TPSA) is 307 Å². The predicted molar refractivity (Wildman–Crippen MR) is 318 cm³/mol. The van der Waals surface area contributed by atoms with E-state index < -0.39 is 124 Å². The molecule has 0 aliphatic carbocycles. The fourth-order valence-corrected chi connectivity index (χ4v) is 10.4. The van der Waals surface area contributed by atoms with Crippen molar-refractivity contribution in [3.63, 3.8) is 0 Å². The lowest BCUT2D eigenvalue weighted by Crippen LogP contribution is -2.66. The van der Waals surface area contributed by atoms with Gasteiger partial charge in [0, 0.05) is 6.42 Å². The van der Waals surface area contributed by atoms with Gasteiger partial charge in [-0.05, 0) is 64.2 Å². The Labute approximate surface area is 496 Å². The summed E-state index contributed by atoms with van der Waals surface area (Å²) in [5.41, 5.74) is 0. The van der Waals surface area contributed by atoms with Gasteiger partial charge < -0.3 is 89.9 Å². The van der Waals surface area contributed by atoms with Crippen molar-refractivity contribution in [3.8, 4) is 0 Å². The molecule has 1 amide bonds. The maximum Gasteiger partial charge on any atom is 0.220 e. The highest BCUT2D eigenvalue weighted by atomic mass is 16.8. The van der Waals surface area contributed by atoms with Gasteiger partial charge in [0.1, 0.15) is 73.2 Å². The molecule has 3 fully saturated rings. The molecule has 480 valence electrons. The quantitative estimate of drug-likeness (QED) is 0.0226. The number of hydrogen-bond acceptors (Lipinski definition) is 18. The zero-order valence-electron chi connectivity index (χ0n) is 50.1. The average molecular weight is 1180 g/mol. The van der Waals surface area contributed by atoms with Crippen molar-refractivity contribution in [2.45, 2.75) is 298 Å². The second-order valence-electron chi connectivity index (χ2n) is 22.5. The van der Waals surface area contributed by atoms with E-state index in [0.717, 1.165) is 96.3 Å². The molecule has 0 aromatic rings. The zero-order chi connectivity index (χ0) is 60.5. The minimum absolute atomic E-state index is 0.252. The van der Waals surface area contributed by atoms with Crippen LogP contribution in [0.2, 0.25) is 0 Å². The molecule has 83 heavy (non-hydrogen) atoms. The van der Waals surface area contributed by atoms with Crippen LogP contribution in [-0.2, 0) is 33.2 Å². The van der Waals surface area contributed by atoms with Crippen LogP contribution in [0.4, 0.5) is 0 Å². The zero-order valence-corrected chi connectivity index (χ0v) is 50.1. The van der Waals surface area contributed by atoms with Gasteiger partial charge in [-0.2, -0.15) is 0 Å². The van der Waals surface area contributed by atoms with Crippen LogP contribution >= 0.6 is 0 Å². The van der Waals surface area contributed by atoms with Crippen LogP contribution in [0.1, 0.15) is 194 Å². The van der Waals surface area contributed by atoms with E-state index in [1.165, 1.54) is 64.2 Å². The Morgan fingerprint density at radius 3 is 1.30 bits per heavy atom. The van der Waals surface area contributed by atoms with E-state index in [1.807, 2.05) is 0 Å². The summed E-state index contributed by atoms with van der Waals surface area (Å²) < 4.78 is 34.3. The maximum absolute atomic E-state index is 13.4. The van der Waals surface area contributed by atoms with Gasteiger partial charge in [-0.25, -0.2) is 0 Å². The van der Waals surface area contributed by atoms with Crippen LogP contribution in [-0.4, -0.2) is 193 Å². The Morgan fingerprint density at radius 1 is 0.446 bits per heavy atom. The monoisotopic (exact) mass is 1180 g/mol. The minimum atomic E-state index is -1.97. The molecule has 0 radical (unpaired) electrons. The fraction of sp³-hybridized carbons (Fsp3) is 0.797. The van der Waals surface area contributed by atoms with E-state index in [-0.39, 0.29) is 18.9 Å². The summed E-state index contributed by atoms with van der Waals surface area (Å²) in [6.45, 7) is 1.64. The Bertz CT molecular complexity index is 1790. The van der Waals surface area contributed by atoms with Gasteiger partial charge in [0.05, 0.1) is 38.6 Å². The van der Waals surface area contributed by atoms with Crippen LogP contribution in [0.5, 0.6) is 0 Å². The summed E-state index contributed by atoms with van der Waals surface area (Å²) in [5, 5.41) is 120. The molecular formula is C64H111NO18. The summed E-state index contributed by atoms with van der Waals surface area (Å²) in [6.07, 6.45) is 28.5. The Hall–Kier alpha value is -2.77. The van der Waals surface area contributed by atoms with Gasteiger partial charge in [0.25, 0.3) is 0 Å². The molecule has 19 nitrogen and oxygen atoms in total. The molecular weight excluding hydrogens is 1070 g/mol. The molecule has 17 unspecified atom stereocenters. The van der Waals surface area contributed by atoms with E-state index in [0.29, 0.717) is 12.8 Å². The van der Waals surface area contributed by atoms with Crippen molar-refractivity contribution in [1.29, 1.82) is 0 Å². The van der Waals surface area contributed by atoms with E-state index in [9.17, 15) is 61.0 Å². The van der Waals surface area contributed by atoms with Crippen molar-refractivity contribution in [2.24, 2.45) is 0 Å². The normalized spacial score (nSPS) is 29.9. The molecule has 0 aromatic heterocycles. The number of ether oxygens (including phenoxy) is 6. The first-order valence-corrected chi connectivity index (χ1v) is 31.7. The summed E-state index contributed by atoms with van der Waals surface area (Å²) in [7, 11) is 0. The fourth-order valence-electron chi connectivity index (χ4n) is 10.4. The van der Waals surface area contributed by atoms with Crippen LogP contribution < -0.4 is 5.32 Å². The molecule has 0 aromatic carbocycles. The predicted octanol–water partition coefficient (Wildman–Crippen LogP) is 6.60. The first-order chi connectivity index (χ1) is 40.3. The molecule has 3 heterocycles. The standard InChI is InChI=1S/C64H111NO18/c1-3-5-7-9-11-13-15-16-17-18-19-20-21-22-23-24-25-26-27-28-29-30-32-34-36-38-40-42-52(70)65-47(48(69)41-39-37-35-33-31-14-12-10-8-6-4-2)46-78-62-58(76)55(73)60(50(44-67)80-62)83-64-59(77)56(74)61(51(45-68)81-64)82-63-57(75)54(72)53(71)49(43-66)79-63/h5,7,11,13,16-17,19-20,22-23,25-26,47-51,53-64,66-69,71-77H,3-4,6,8-10,12,14-15,18,21,24,27-46H2,1-2H3,(H,65,70)/b7-5-,13-11-,17-16-,20-19-,23-22-,26-25-. The molecule has 3 aliphatic rings. The number of allylic oxidation sites excluding steroid dienone is 12. The first-order valence-electron chi connectivity index (χ1n) is 31.7. The first kappa shape index (κ1) is 74.5. The Morgan fingerprint density at radius 2 is 0.831 bits per heavy atom. The van der Waals surface area contributed by atoms with Gasteiger partial charge in [0.15, 0.2) is 18.9 Å². The van der Waals surface area contributed by atoms with E-state index in [2.05, 4.69) is 92.1 Å². The average Bonchev–Trinajstić information content (AvgIpc) is 3.62. The third kappa shape index (κ3) is 29.7. The number of aliphatic hydroxyl groups is 11. The van der Waals surface area contributed by atoms with Gasteiger partial charge in [0.2, 0.25) is 5.91 Å². The maximum atomic E-state index is 13.4. The smallest absolute Gasteiger partial charge is 0.220 e. The van der Waals surface area contributed by atoms with Gasteiger partial charge in [-0.3, -0.25) is 4.79 Å². The molecule has 0 bridgehead atoms. The van der Waals surface area contributed by atoms with Crippen LogP contribution in [0, 0.1) is 0 Å². The number of aliphatic hydroxyl groups excluding tert-OH is 11. The number of hydrogen-bond donors (Lipinski definition) is 12. The highest BCUT2D eigenvalue weighted by Crippen LogP contribution is 2.33. The van der Waals surface area contributed by atoms with Crippen LogP contribution in [0.3, 0.4) is 0 Å². The molecule has 3 saturated heterocycles. The highest BCUT2D eigenvalue weighted by molar-refractivity contribution is 5.76. The number of amides is 1.